The van der Waals surface area contributed by atoms with E-state index in [0.29, 0.717) is 5.13 Å². The molecule has 0 atom stereocenters. The SMILES string of the molecule is CCc1ccccc1-n1nc(-c2cnc[nH]2)c2c1-c1sc(NC(C)=O)nc1CCC2. The van der Waals surface area contributed by atoms with Gasteiger partial charge in [0.25, 0.3) is 0 Å². The van der Waals surface area contributed by atoms with Crippen LogP contribution in [0.25, 0.3) is 27.6 Å². The van der Waals surface area contributed by atoms with Gasteiger partial charge in [-0.2, -0.15) is 5.10 Å². The van der Waals surface area contributed by atoms with E-state index >= 15 is 0 Å². The van der Waals surface area contributed by atoms with Gasteiger partial charge in [0.15, 0.2) is 5.13 Å². The monoisotopic (exact) mass is 418 g/mol. The lowest BCUT2D eigenvalue weighted by atomic mass is 10.1. The maximum absolute atomic E-state index is 11.6. The molecule has 30 heavy (non-hydrogen) atoms. The first-order chi connectivity index (χ1) is 14.7. The molecule has 0 radical (unpaired) electrons. The van der Waals surface area contributed by atoms with Crippen molar-refractivity contribution in [2.45, 2.75) is 39.5 Å². The van der Waals surface area contributed by atoms with E-state index < -0.39 is 0 Å². The Morgan fingerprint density at radius 2 is 2.17 bits per heavy atom. The molecule has 0 spiro atoms. The van der Waals surface area contributed by atoms with Crippen LogP contribution >= 0.6 is 11.3 Å². The Bertz CT molecular complexity index is 1220. The number of aryl methyl sites for hydroxylation is 2. The highest BCUT2D eigenvalue weighted by Gasteiger charge is 2.29. The smallest absolute Gasteiger partial charge is 0.223 e. The summed E-state index contributed by atoms with van der Waals surface area (Å²) in [5.41, 5.74) is 7.43. The number of aromatic nitrogens is 5. The van der Waals surface area contributed by atoms with Crippen LogP contribution in [0.4, 0.5) is 5.13 Å². The molecule has 3 heterocycles. The van der Waals surface area contributed by atoms with Gasteiger partial charge in [-0.25, -0.2) is 14.6 Å². The Labute approximate surface area is 178 Å². The highest BCUT2D eigenvalue weighted by Crippen LogP contribution is 2.43. The number of para-hydroxylation sites is 1. The Hall–Kier alpha value is -3.26. The number of carbonyl (C=O) groups is 1. The summed E-state index contributed by atoms with van der Waals surface area (Å²) in [6, 6.07) is 8.37. The van der Waals surface area contributed by atoms with E-state index in [1.165, 1.54) is 29.4 Å². The number of anilines is 1. The van der Waals surface area contributed by atoms with Gasteiger partial charge in [0.05, 0.1) is 40.2 Å². The largest absolute Gasteiger partial charge is 0.343 e. The van der Waals surface area contributed by atoms with E-state index in [2.05, 4.69) is 45.1 Å². The second-order valence-electron chi connectivity index (χ2n) is 7.36. The first-order valence-electron chi connectivity index (χ1n) is 10.1. The van der Waals surface area contributed by atoms with Gasteiger partial charge in [0.2, 0.25) is 5.91 Å². The van der Waals surface area contributed by atoms with Crippen molar-refractivity contribution in [1.29, 1.82) is 0 Å². The van der Waals surface area contributed by atoms with E-state index in [-0.39, 0.29) is 5.91 Å². The van der Waals surface area contributed by atoms with Crippen molar-refractivity contribution in [1.82, 2.24) is 24.7 Å². The maximum Gasteiger partial charge on any atom is 0.223 e. The second-order valence-corrected chi connectivity index (χ2v) is 8.36. The third-order valence-electron chi connectivity index (χ3n) is 5.37. The van der Waals surface area contributed by atoms with Crippen LogP contribution in [0.3, 0.4) is 0 Å². The standard InChI is InChI=1S/C22H22N6OS/c1-3-14-7-4-5-10-18(14)28-20-15(19(27-28)17-11-23-12-24-17)8-6-9-16-21(20)30-22(26-16)25-13(2)29/h4-5,7,10-12H,3,6,8-9H2,1-2H3,(H,23,24)(H,25,26,29). The molecule has 1 aliphatic rings. The number of amides is 1. The van der Waals surface area contributed by atoms with Crippen molar-refractivity contribution in [3.05, 3.63) is 53.6 Å². The summed E-state index contributed by atoms with van der Waals surface area (Å²) >= 11 is 1.52. The number of carbonyl (C=O) groups excluding carboxylic acids is 1. The van der Waals surface area contributed by atoms with Crippen molar-refractivity contribution >= 4 is 22.4 Å². The van der Waals surface area contributed by atoms with Crippen molar-refractivity contribution in [3.63, 3.8) is 0 Å². The number of rotatable bonds is 4. The number of fused-ring (bicyclic) bond motifs is 3. The second kappa shape index (κ2) is 7.53. The number of aromatic amines is 1. The van der Waals surface area contributed by atoms with Gasteiger partial charge < -0.3 is 10.3 Å². The summed E-state index contributed by atoms with van der Waals surface area (Å²) in [6.45, 7) is 3.67. The molecule has 1 amide bonds. The van der Waals surface area contributed by atoms with E-state index in [4.69, 9.17) is 10.1 Å². The minimum absolute atomic E-state index is 0.109. The zero-order chi connectivity index (χ0) is 20.7. The van der Waals surface area contributed by atoms with Crippen LogP contribution in [0.5, 0.6) is 0 Å². The van der Waals surface area contributed by atoms with Crippen molar-refractivity contribution < 1.29 is 4.79 Å². The average Bonchev–Trinajstić information content (AvgIpc) is 3.44. The van der Waals surface area contributed by atoms with Crippen LogP contribution in [0.15, 0.2) is 36.8 Å². The van der Waals surface area contributed by atoms with Gasteiger partial charge in [-0.05, 0) is 37.3 Å². The summed E-state index contributed by atoms with van der Waals surface area (Å²) in [5, 5.41) is 8.55. The molecular weight excluding hydrogens is 396 g/mol. The fourth-order valence-corrected chi connectivity index (χ4v) is 5.17. The van der Waals surface area contributed by atoms with E-state index in [1.54, 1.807) is 6.33 Å². The Morgan fingerprint density at radius 1 is 1.30 bits per heavy atom. The molecule has 0 saturated carbocycles. The fourth-order valence-electron chi connectivity index (χ4n) is 4.06. The number of benzene rings is 1. The molecular formula is C22H22N6OS. The molecule has 0 aliphatic heterocycles. The molecule has 152 valence electrons. The molecule has 5 rings (SSSR count). The molecule has 0 fully saturated rings. The van der Waals surface area contributed by atoms with Crippen LogP contribution in [0, 0.1) is 0 Å². The zero-order valence-electron chi connectivity index (χ0n) is 16.9. The minimum atomic E-state index is -0.109. The van der Waals surface area contributed by atoms with Crippen LogP contribution < -0.4 is 5.32 Å². The number of nitrogens with zero attached hydrogens (tertiary/aromatic N) is 4. The van der Waals surface area contributed by atoms with Crippen LogP contribution in [0.2, 0.25) is 0 Å². The Morgan fingerprint density at radius 3 is 2.93 bits per heavy atom. The highest BCUT2D eigenvalue weighted by atomic mass is 32.1. The van der Waals surface area contributed by atoms with Gasteiger partial charge >= 0.3 is 0 Å². The Balaban J connectivity index is 1.79. The summed E-state index contributed by atoms with van der Waals surface area (Å²) < 4.78 is 2.06. The average molecular weight is 419 g/mol. The minimum Gasteiger partial charge on any atom is -0.343 e. The third kappa shape index (κ3) is 3.13. The summed E-state index contributed by atoms with van der Waals surface area (Å²) in [7, 11) is 0. The molecule has 1 aliphatic carbocycles. The van der Waals surface area contributed by atoms with Gasteiger partial charge in [-0.15, -0.1) is 0 Å². The predicted molar refractivity (Wildman–Crippen MR) is 118 cm³/mol. The van der Waals surface area contributed by atoms with Crippen LogP contribution in [-0.4, -0.2) is 30.6 Å². The molecule has 0 bridgehead atoms. The number of hydrogen-bond donors (Lipinski definition) is 2. The predicted octanol–water partition coefficient (Wildman–Crippen LogP) is 4.40. The number of thiazole rings is 1. The lowest BCUT2D eigenvalue weighted by Crippen LogP contribution is -2.05. The first-order valence-corrected chi connectivity index (χ1v) is 10.9. The third-order valence-corrected chi connectivity index (χ3v) is 6.39. The lowest BCUT2D eigenvalue weighted by Gasteiger charge is -2.11. The molecule has 2 N–H and O–H groups in total. The molecule has 0 saturated heterocycles. The highest BCUT2D eigenvalue weighted by molar-refractivity contribution is 7.19. The fraction of sp³-hybridized carbons (Fsp3) is 0.273. The number of nitrogens with one attached hydrogen (secondary N) is 2. The maximum atomic E-state index is 11.6. The van der Waals surface area contributed by atoms with Gasteiger partial charge in [-0.3, -0.25) is 4.79 Å². The summed E-state index contributed by atoms with van der Waals surface area (Å²) in [5.74, 6) is -0.109. The van der Waals surface area contributed by atoms with Crippen molar-refractivity contribution in [2.24, 2.45) is 0 Å². The number of H-pyrrole nitrogens is 1. The zero-order valence-corrected chi connectivity index (χ0v) is 17.7. The van der Waals surface area contributed by atoms with Crippen LogP contribution in [0.1, 0.15) is 37.1 Å². The molecule has 4 aromatic rings. The number of hydrogen-bond acceptors (Lipinski definition) is 5. The molecule has 7 nitrogen and oxygen atoms in total. The Kier molecular flexibility index (Phi) is 4.71. The molecule has 1 aromatic carbocycles. The van der Waals surface area contributed by atoms with Crippen molar-refractivity contribution in [3.8, 4) is 27.6 Å². The number of imidazole rings is 1. The normalized spacial score (nSPS) is 12.9. The van der Waals surface area contributed by atoms with E-state index in [1.807, 2.05) is 12.3 Å². The van der Waals surface area contributed by atoms with E-state index in [9.17, 15) is 4.79 Å². The van der Waals surface area contributed by atoms with Gasteiger partial charge in [0.1, 0.15) is 5.69 Å². The van der Waals surface area contributed by atoms with Crippen molar-refractivity contribution in [2.75, 3.05) is 5.32 Å². The summed E-state index contributed by atoms with van der Waals surface area (Å²) in [6.07, 6.45) is 7.18. The topological polar surface area (TPSA) is 88.5 Å². The van der Waals surface area contributed by atoms with E-state index in [0.717, 1.165) is 59.0 Å². The molecule has 0 unspecified atom stereocenters. The van der Waals surface area contributed by atoms with Crippen LogP contribution in [-0.2, 0) is 24.1 Å². The lowest BCUT2D eigenvalue weighted by molar-refractivity contribution is -0.114. The van der Waals surface area contributed by atoms with Gasteiger partial charge in [0, 0.05) is 12.5 Å². The van der Waals surface area contributed by atoms with Gasteiger partial charge in [-0.1, -0.05) is 36.5 Å². The quantitative estimate of drug-likeness (QED) is 0.514. The molecule has 3 aromatic heterocycles. The first kappa shape index (κ1) is 18.7. The molecule has 8 heteroatoms. The summed E-state index contributed by atoms with van der Waals surface area (Å²) in [4.78, 5) is 24.8.